The van der Waals surface area contributed by atoms with Crippen LogP contribution < -0.4 is 20.1 Å². The molecule has 0 bridgehead atoms. The van der Waals surface area contributed by atoms with Crippen LogP contribution in [-0.2, 0) is 9.53 Å². The molecule has 0 saturated heterocycles. The number of hydrogen-bond acceptors (Lipinski definition) is 6. The summed E-state index contributed by atoms with van der Waals surface area (Å²) in [6.45, 7) is 0.369. The summed E-state index contributed by atoms with van der Waals surface area (Å²) in [6.07, 6.45) is 0.205. The Balaban J connectivity index is 1.69. The molecule has 2 aromatic carbocycles. The number of esters is 1. The highest BCUT2D eigenvalue weighted by molar-refractivity contribution is 5.82. The fraction of sp³-hybridized carbons (Fsp3) is 0.286. The number of unbranched alkanes of at least 4 members (excludes halogenated alkanes) is 1. The van der Waals surface area contributed by atoms with Gasteiger partial charge in [-0.2, -0.15) is 0 Å². The highest BCUT2D eigenvalue weighted by Gasteiger charge is 2.22. The van der Waals surface area contributed by atoms with Crippen LogP contribution in [0.1, 0.15) is 19.3 Å². The van der Waals surface area contributed by atoms with Gasteiger partial charge in [-0.05, 0) is 43.5 Å². The third-order valence-electron chi connectivity index (χ3n) is 3.87. The van der Waals surface area contributed by atoms with Crippen LogP contribution in [0.2, 0.25) is 0 Å². The van der Waals surface area contributed by atoms with Crippen molar-refractivity contribution in [1.29, 1.82) is 0 Å². The van der Waals surface area contributed by atoms with Gasteiger partial charge in [0.05, 0.1) is 7.11 Å². The van der Waals surface area contributed by atoms with Crippen molar-refractivity contribution in [2.75, 3.05) is 13.7 Å². The number of para-hydroxylation sites is 2. The van der Waals surface area contributed by atoms with Crippen LogP contribution in [0, 0.1) is 0 Å². The smallest absolute Gasteiger partial charge is 0.413 e. The predicted molar refractivity (Wildman–Crippen MR) is 106 cm³/mol. The van der Waals surface area contributed by atoms with E-state index < -0.39 is 24.2 Å². The molecule has 8 heteroatoms. The first-order valence-electron chi connectivity index (χ1n) is 9.20. The maximum atomic E-state index is 12.0. The van der Waals surface area contributed by atoms with E-state index in [0.717, 1.165) is 0 Å². The quantitative estimate of drug-likeness (QED) is 0.495. The molecule has 2 N–H and O–H groups in total. The molecule has 0 aliphatic rings. The number of carbonyl (C=O) groups is 3. The Hall–Kier alpha value is -3.55. The van der Waals surface area contributed by atoms with Crippen LogP contribution in [0.25, 0.3) is 0 Å². The van der Waals surface area contributed by atoms with E-state index in [9.17, 15) is 14.4 Å². The van der Waals surface area contributed by atoms with E-state index in [0.29, 0.717) is 37.3 Å². The van der Waals surface area contributed by atoms with Gasteiger partial charge in [0.25, 0.3) is 0 Å². The molecular formula is C21H24N2O6. The lowest BCUT2D eigenvalue weighted by Gasteiger charge is -2.16. The lowest BCUT2D eigenvalue weighted by atomic mass is 10.1. The fourth-order valence-corrected chi connectivity index (χ4v) is 2.45. The van der Waals surface area contributed by atoms with Crippen molar-refractivity contribution in [2.45, 2.75) is 25.3 Å². The largest absolute Gasteiger partial charge is 0.467 e. The molecule has 0 aliphatic heterocycles. The standard InChI is InChI=1S/C21H24N2O6/c1-27-19(24)18(23-21(26)29-17-12-6-3-7-13-17)14-8-9-15-22-20(25)28-16-10-4-2-5-11-16/h2-7,10-13,18H,8-9,14-15H2,1H3,(H,22,25)(H,23,26)/t18-/m0/s1. The van der Waals surface area contributed by atoms with Crippen molar-refractivity contribution in [1.82, 2.24) is 10.6 Å². The van der Waals surface area contributed by atoms with E-state index >= 15 is 0 Å². The molecule has 8 nitrogen and oxygen atoms in total. The minimum Gasteiger partial charge on any atom is -0.467 e. The first-order valence-corrected chi connectivity index (χ1v) is 9.20. The summed E-state index contributed by atoms with van der Waals surface area (Å²) >= 11 is 0. The molecule has 154 valence electrons. The van der Waals surface area contributed by atoms with Crippen molar-refractivity contribution >= 4 is 18.2 Å². The topological polar surface area (TPSA) is 103 Å². The normalized spacial score (nSPS) is 11.1. The molecule has 0 spiro atoms. The van der Waals surface area contributed by atoms with Gasteiger partial charge in [0.2, 0.25) is 0 Å². The van der Waals surface area contributed by atoms with E-state index in [-0.39, 0.29) is 0 Å². The molecule has 0 heterocycles. The summed E-state index contributed by atoms with van der Waals surface area (Å²) in [5.41, 5.74) is 0. The van der Waals surface area contributed by atoms with Gasteiger partial charge in [-0.15, -0.1) is 0 Å². The molecule has 0 radical (unpaired) electrons. The maximum absolute atomic E-state index is 12.0. The minimum atomic E-state index is -0.840. The third-order valence-corrected chi connectivity index (χ3v) is 3.87. The van der Waals surface area contributed by atoms with Gasteiger partial charge in [-0.1, -0.05) is 36.4 Å². The zero-order valence-corrected chi connectivity index (χ0v) is 16.1. The molecule has 2 aromatic rings. The number of benzene rings is 2. The number of ether oxygens (including phenoxy) is 3. The molecule has 0 fully saturated rings. The Kier molecular flexibility index (Phi) is 9.01. The van der Waals surface area contributed by atoms with Gasteiger partial charge in [0.15, 0.2) is 0 Å². The molecule has 2 amide bonds. The van der Waals surface area contributed by atoms with Gasteiger partial charge < -0.3 is 24.8 Å². The van der Waals surface area contributed by atoms with E-state index in [2.05, 4.69) is 10.6 Å². The zero-order chi connectivity index (χ0) is 20.9. The summed E-state index contributed by atoms with van der Waals surface area (Å²) < 4.78 is 15.0. The molecule has 0 aromatic heterocycles. The maximum Gasteiger partial charge on any atom is 0.413 e. The number of hydrogen-bond donors (Lipinski definition) is 2. The predicted octanol–water partition coefficient (Wildman–Crippen LogP) is 3.28. The molecular weight excluding hydrogens is 376 g/mol. The summed E-state index contributed by atoms with van der Waals surface area (Å²) in [5.74, 6) is 0.262. The Morgan fingerprint density at radius 2 is 1.38 bits per heavy atom. The average molecular weight is 400 g/mol. The van der Waals surface area contributed by atoms with Crippen molar-refractivity contribution in [2.24, 2.45) is 0 Å². The lowest BCUT2D eigenvalue weighted by molar-refractivity contribution is -0.143. The Morgan fingerprint density at radius 3 is 1.93 bits per heavy atom. The number of amides is 2. The van der Waals surface area contributed by atoms with E-state index in [1.807, 2.05) is 6.07 Å². The minimum absolute atomic E-state index is 0.339. The Labute approximate surface area is 169 Å². The van der Waals surface area contributed by atoms with Gasteiger partial charge in [0.1, 0.15) is 17.5 Å². The summed E-state index contributed by atoms with van der Waals surface area (Å²) in [4.78, 5) is 35.6. The van der Waals surface area contributed by atoms with Gasteiger partial charge in [-0.25, -0.2) is 14.4 Å². The highest BCUT2D eigenvalue weighted by atomic mass is 16.6. The van der Waals surface area contributed by atoms with Crippen molar-refractivity contribution in [3.05, 3.63) is 60.7 Å². The second kappa shape index (κ2) is 12.0. The van der Waals surface area contributed by atoms with Crippen LogP contribution >= 0.6 is 0 Å². The van der Waals surface area contributed by atoms with E-state index in [4.69, 9.17) is 14.2 Å². The molecule has 0 unspecified atom stereocenters. The molecule has 0 aliphatic carbocycles. The molecule has 2 rings (SSSR count). The van der Waals surface area contributed by atoms with Crippen LogP contribution in [0.15, 0.2) is 60.7 Å². The fourth-order valence-electron chi connectivity index (χ4n) is 2.45. The monoisotopic (exact) mass is 400 g/mol. The summed E-state index contributed by atoms with van der Waals surface area (Å²) in [7, 11) is 1.25. The number of rotatable bonds is 9. The molecule has 0 saturated carbocycles. The van der Waals surface area contributed by atoms with E-state index in [1.54, 1.807) is 54.6 Å². The number of carbonyl (C=O) groups excluding carboxylic acids is 3. The van der Waals surface area contributed by atoms with Gasteiger partial charge >= 0.3 is 18.2 Å². The molecule has 29 heavy (non-hydrogen) atoms. The lowest BCUT2D eigenvalue weighted by Crippen LogP contribution is -2.43. The second-order valence-electron chi connectivity index (χ2n) is 6.05. The summed E-state index contributed by atoms with van der Waals surface area (Å²) in [5, 5.41) is 5.13. The van der Waals surface area contributed by atoms with Crippen LogP contribution in [0.5, 0.6) is 11.5 Å². The first-order chi connectivity index (χ1) is 14.1. The van der Waals surface area contributed by atoms with Crippen LogP contribution in [0.3, 0.4) is 0 Å². The SMILES string of the molecule is COC(=O)[C@H](CCCCNC(=O)Oc1ccccc1)NC(=O)Oc1ccccc1. The Morgan fingerprint density at radius 1 is 0.828 bits per heavy atom. The average Bonchev–Trinajstić information content (AvgIpc) is 2.73. The zero-order valence-electron chi connectivity index (χ0n) is 16.1. The van der Waals surface area contributed by atoms with Crippen molar-refractivity contribution < 1.29 is 28.6 Å². The summed E-state index contributed by atoms with van der Waals surface area (Å²) in [6, 6.07) is 16.4. The van der Waals surface area contributed by atoms with Crippen molar-refractivity contribution in [3.63, 3.8) is 0 Å². The van der Waals surface area contributed by atoms with Crippen molar-refractivity contribution in [3.8, 4) is 11.5 Å². The first kappa shape index (κ1) is 21.7. The van der Waals surface area contributed by atoms with Gasteiger partial charge in [-0.3, -0.25) is 0 Å². The van der Waals surface area contributed by atoms with Gasteiger partial charge in [0, 0.05) is 6.54 Å². The number of methoxy groups -OCH3 is 1. The third kappa shape index (κ3) is 8.34. The second-order valence-corrected chi connectivity index (χ2v) is 6.05. The van der Waals surface area contributed by atoms with Crippen LogP contribution in [0.4, 0.5) is 9.59 Å². The number of nitrogens with one attached hydrogen (secondary N) is 2. The molecule has 1 atom stereocenters. The van der Waals surface area contributed by atoms with Crippen LogP contribution in [-0.4, -0.2) is 37.9 Å². The Bertz CT molecular complexity index is 782. The highest BCUT2D eigenvalue weighted by Crippen LogP contribution is 2.10. The van der Waals surface area contributed by atoms with E-state index in [1.165, 1.54) is 7.11 Å².